The maximum Gasteiger partial charge on any atom is 0.254 e. The molecule has 0 aliphatic heterocycles. The minimum absolute atomic E-state index is 0.0155. The number of hydrogen-bond acceptors (Lipinski definition) is 3. The SMILES string of the molecule is CN(C(=O)Cn1c(CNC(=O)c2ccccc2F)nc2ccccc21)C1CCCCC1. The number of benzene rings is 2. The zero-order valence-electron chi connectivity index (χ0n) is 17.7. The molecule has 0 radical (unpaired) electrons. The highest BCUT2D eigenvalue weighted by molar-refractivity contribution is 5.94. The molecule has 1 fully saturated rings. The Balaban J connectivity index is 1.53. The molecule has 1 aromatic heterocycles. The van der Waals surface area contributed by atoms with E-state index in [1.807, 2.05) is 40.8 Å². The van der Waals surface area contributed by atoms with Crippen LogP contribution >= 0.6 is 0 Å². The van der Waals surface area contributed by atoms with Crippen LogP contribution in [0, 0.1) is 5.82 Å². The number of rotatable bonds is 6. The Kier molecular flexibility index (Phi) is 6.30. The van der Waals surface area contributed by atoms with Gasteiger partial charge < -0.3 is 14.8 Å². The Morgan fingerprint density at radius 1 is 1.10 bits per heavy atom. The second-order valence-electron chi connectivity index (χ2n) is 8.06. The molecule has 1 saturated carbocycles. The normalized spacial score (nSPS) is 14.5. The van der Waals surface area contributed by atoms with Crippen molar-refractivity contribution in [3.05, 3.63) is 65.7 Å². The van der Waals surface area contributed by atoms with Gasteiger partial charge in [-0.05, 0) is 37.1 Å². The van der Waals surface area contributed by atoms with Crippen molar-refractivity contribution < 1.29 is 14.0 Å². The largest absolute Gasteiger partial charge is 0.345 e. The number of carbonyl (C=O) groups is 2. The molecule has 4 rings (SSSR count). The van der Waals surface area contributed by atoms with Crippen molar-refractivity contribution in [1.29, 1.82) is 0 Å². The number of fused-ring (bicyclic) bond motifs is 1. The average Bonchev–Trinajstić information content (AvgIpc) is 3.15. The Labute approximate surface area is 181 Å². The highest BCUT2D eigenvalue weighted by Gasteiger charge is 2.24. The van der Waals surface area contributed by atoms with Gasteiger partial charge in [0.1, 0.15) is 18.2 Å². The van der Waals surface area contributed by atoms with Gasteiger partial charge in [-0.2, -0.15) is 0 Å². The van der Waals surface area contributed by atoms with Gasteiger partial charge >= 0.3 is 0 Å². The lowest BCUT2D eigenvalue weighted by Gasteiger charge is -2.31. The molecule has 0 unspecified atom stereocenters. The zero-order chi connectivity index (χ0) is 21.8. The van der Waals surface area contributed by atoms with Crippen molar-refractivity contribution in [3.63, 3.8) is 0 Å². The van der Waals surface area contributed by atoms with Crippen LogP contribution in [0.15, 0.2) is 48.5 Å². The molecule has 6 nitrogen and oxygen atoms in total. The molecule has 0 saturated heterocycles. The van der Waals surface area contributed by atoms with E-state index in [9.17, 15) is 14.0 Å². The second-order valence-corrected chi connectivity index (χ2v) is 8.06. The zero-order valence-corrected chi connectivity index (χ0v) is 17.7. The van der Waals surface area contributed by atoms with E-state index in [-0.39, 0.29) is 30.6 Å². The average molecular weight is 423 g/mol. The summed E-state index contributed by atoms with van der Waals surface area (Å²) in [5.41, 5.74) is 1.58. The van der Waals surface area contributed by atoms with Crippen LogP contribution in [-0.2, 0) is 17.9 Å². The Morgan fingerprint density at radius 3 is 2.58 bits per heavy atom. The van der Waals surface area contributed by atoms with E-state index in [2.05, 4.69) is 10.3 Å². The van der Waals surface area contributed by atoms with Crippen LogP contribution in [0.5, 0.6) is 0 Å². The van der Waals surface area contributed by atoms with E-state index in [0.29, 0.717) is 5.82 Å². The van der Waals surface area contributed by atoms with Crippen LogP contribution in [0.4, 0.5) is 4.39 Å². The lowest BCUT2D eigenvalue weighted by molar-refractivity contribution is -0.133. The van der Waals surface area contributed by atoms with Crippen molar-refractivity contribution in [2.45, 2.75) is 51.2 Å². The molecule has 1 N–H and O–H groups in total. The molecular formula is C24H27FN4O2. The summed E-state index contributed by atoms with van der Waals surface area (Å²) < 4.78 is 15.8. The maximum absolute atomic E-state index is 13.9. The van der Waals surface area contributed by atoms with Crippen molar-refractivity contribution in [2.24, 2.45) is 0 Å². The molecule has 7 heteroatoms. The summed E-state index contributed by atoms with van der Waals surface area (Å²) in [6.07, 6.45) is 5.63. The second kappa shape index (κ2) is 9.29. The number of hydrogen-bond donors (Lipinski definition) is 1. The highest BCUT2D eigenvalue weighted by Crippen LogP contribution is 2.23. The lowest BCUT2D eigenvalue weighted by atomic mass is 9.94. The standard InChI is InChI=1S/C24H27FN4O2/c1-28(17-9-3-2-4-10-17)23(30)16-29-21-14-8-7-13-20(21)27-22(29)15-26-24(31)18-11-5-6-12-19(18)25/h5-8,11-14,17H,2-4,9-10,15-16H2,1H3,(H,26,31). The van der Waals surface area contributed by atoms with Crippen LogP contribution in [0.3, 0.4) is 0 Å². The fourth-order valence-electron chi connectivity index (χ4n) is 4.26. The molecule has 0 bridgehead atoms. The number of imidazole rings is 1. The summed E-state index contributed by atoms with van der Waals surface area (Å²) in [5, 5.41) is 2.74. The van der Waals surface area contributed by atoms with Crippen LogP contribution in [0.2, 0.25) is 0 Å². The van der Waals surface area contributed by atoms with Gasteiger partial charge in [-0.3, -0.25) is 9.59 Å². The summed E-state index contributed by atoms with van der Waals surface area (Å²) >= 11 is 0. The van der Waals surface area contributed by atoms with E-state index in [4.69, 9.17) is 0 Å². The molecule has 2 aromatic carbocycles. The first-order valence-corrected chi connectivity index (χ1v) is 10.8. The van der Waals surface area contributed by atoms with Crippen LogP contribution in [0.1, 0.15) is 48.3 Å². The molecule has 2 amide bonds. The van der Waals surface area contributed by atoms with Gasteiger partial charge in [0.15, 0.2) is 0 Å². The predicted molar refractivity (Wildman–Crippen MR) is 117 cm³/mol. The molecule has 0 spiro atoms. The van der Waals surface area contributed by atoms with Crippen molar-refractivity contribution in [2.75, 3.05) is 7.05 Å². The first-order chi connectivity index (χ1) is 15.0. The molecule has 1 aliphatic rings. The minimum Gasteiger partial charge on any atom is -0.345 e. The van der Waals surface area contributed by atoms with Gasteiger partial charge in [0.05, 0.1) is 23.1 Å². The monoisotopic (exact) mass is 422 g/mol. The summed E-state index contributed by atoms with van der Waals surface area (Å²) in [4.78, 5) is 32.0. The van der Waals surface area contributed by atoms with E-state index in [1.54, 1.807) is 12.1 Å². The first kappa shape index (κ1) is 21.0. The molecule has 3 aromatic rings. The number of aromatic nitrogens is 2. The van der Waals surface area contributed by atoms with E-state index >= 15 is 0 Å². The Hall–Kier alpha value is -3.22. The number of carbonyl (C=O) groups excluding carboxylic acids is 2. The summed E-state index contributed by atoms with van der Waals surface area (Å²) in [5.74, 6) is -0.492. The molecule has 1 aliphatic carbocycles. The Bertz CT molecular complexity index is 1090. The van der Waals surface area contributed by atoms with Gasteiger partial charge in [-0.15, -0.1) is 0 Å². The van der Waals surface area contributed by atoms with Gasteiger partial charge in [0.2, 0.25) is 5.91 Å². The molecular weight excluding hydrogens is 395 g/mol. The molecule has 0 atom stereocenters. The van der Waals surface area contributed by atoms with E-state index in [1.165, 1.54) is 18.6 Å². The third-order valence-corrected chi connectivity index (χ3v) is 6.07. The summed E-state index contributed by atoms with van der Waals surface area (Å²) in [7, 11) is 1.87. The summed E-state index contributed by atoms with van der Waals surface area (Å²) in [6, 6.07) is 13.7. The maximum atomic E-state index is 13.9. The molecule has 1 heterocycles. The van der Waals surface area contributed by atoms with Gasteiger partial charge in [-0.1, -0.05) is 43.5 Å². The highest BCUT2D eigenvalue weighted by atomic mass is 19.1. The van der Waals surface area contributed by atoms with Gasteiger partial charge in [0.25, 0.3) is 5.91 Å². The quantitative estimate of drug-likeness (QED) is 0.655. The van der Waals surface area contributed by atoms with Crippen molar-refractivity contribution in [3.8, 4) is 0 Å². The number of halogens is 1. The fraction of sp³-hybridized carbons (Fsp3) is 0.375. The Morgan fingerprint density at radius 2 is 1.81 bits per heavy atom. The number of para-hydroxylation sites is 2. The molecule has 31 heavy (non-hydrogen) atoms. The third-order valence-electron chi connectivity index (χ3n) is 6.07. The van der Waals surface area contributed by atoms with Crippen LogP contribution < -0.4 is 5.32 Å². The van der Waals surface area contributed by atoms with Crippen molar-refractivity contribution in [1.82, 2.24) is 19.8 Å². The van der Waals surface area contributed by atoms with Gasteiger partial charge in [0, 0.05) is 13.1 Å². The van der Waals surface area contributed by atoms with Crippen LogP contribution in [-0.4, -0.2) is 39.4 Å². The number of likely N-dealkylation sites (N-methyl/N-ethyl adjacent to an activating group) is 1. The fourth-order valence-corrected chi connectivity index (χ4v) is 4.26. The number of amides is 2. The van der Waals surface area contributed by atoms with Crippen molar-refractivity contribution >= 4 is 22.8 Å². The molecule has 162 valence electrons. The smallest absolute Gasteiger partial charge is 0.254 e. The third kappa shape index (κ3) is 4.60. The number of nitrogens with zero attached hydrogens (tertiary/aromatic N) is 3. The van der Waals surface area contributed by atoms with E-state index < -0.39 is 11.7 Å². The summed E-state index contributed by atoms with van der Waals surface area (Å²) in [6.45, 7) is 0.251. The lowest BCUT2D eigenvalue weighted by Crippen LogP contribution is -2.40. The number of nitrogens with one attached hydrogen (secondary N) is 1. The van der Waals surface area contributed by atoms with Crippen LogP contribution in [0.25, 0.3) is 11.0 Å². The predicted octanol–water partition coefficient (Wildman–Crippen LogP) is 3.90. The van der Waals surface area contributed by atoms with Gasteiger partial charge in [-0.25, -0.2) is 9.37 Å². The first-order valence-electron chi connectivity index (χ1n) is 10.8. The minimum atomic E-state index is -0.571. The van der Waals surface area contributed by atoms with E-state index in [0.717, 1.165) is 36.7 Å². The topological polar surface area (TPSA) is 67.2 Å².